The summed E-state index contributed by atoms with van der Waals surface area (Å²) in [6, 6.07) is 7.05. The summed E-state index contributed by atoms with van der Waals surface area (Å²) in [5, 5.41) is 8.85. The maximum absolute atomic E-state index is 11.1. The van der Waals surface area contributed by atoms with Gasteiger partial charge in [0.25, 0.3) is 0 Å². The molecule has 0 aliphatic carbocycles. The van der Waals surface area contributed by atoms with Gasteiger partial charge in [-0.05, 0) is 44.4 Å². The number of carbonyl (C=O) groups excluding carboxylic acids is 1. The van der Waals surface area contributed by atoms with Gasteiger partial charge in [0.15, 0.2) is 0 Å². The Labute approximate surface area is 119 Å². The molecule has 0 amide bonds. The third kappa shape index (κ3) is 5.61. The molecule has 0 atom stereocenters. The van der Waals surface area contributed by atoms with Gasteiger partial charge in [-0.15, -0.1) is 0 Å². The fourth-order valence-electron chi connectivity index (χ4n) is 1.69. The van der Waals surface area contributed by atoms with Gasteiger partial charge in [-0.25, -0.2) is 0 Å². The number of hydrogen-bond acceptors (Lipinski definition) is 5. The zero-order chi connectivity index (χ0) is 14.8. The summed E-state index contributed by atoms with van der Waals surface area (Å²) in [5.74, 6) is 0.492. The highest BCUT2D eigenvalue weighted by atomic mass is 16.5. The summed E-state index contributed by atoms with van der Waals surface area (Å²) >= 11 is 0. The quantitative estimate of drug-likeness (QED) is 0.448. The topological polar surface area (TPSA) is 85.3 Å². The number of nitrogens with two attached hydrogens (primary N) is 1. The van der Waals surface area contributed by atoms with Crippen molar-refractivity contribution < 1.29 is 14.3 Å². The van der Waals surface area contributed by atoms with Crippen LogP contribution < -0.4 is 10.5 Å². The number of nitrogen functional groups attached to an aromatic ring is 1. The van der Waals surface area contributed by atoms with Crippen LogP contribution >= 0.6 is 0 Å². The average Bonchev–Trinajstić information content (AvgIpc) is 2.44. The van der Waals surface area contributed by atoms with Gasteiger partial charge in [0.05, 0.1) is 18.8 Å². The van der Waals surface area contributed by atoms with E-state index in [4.69, 9.17) is 20.5 Å². The first-order valence-electron chi connectivity index (χ1n) is 6.75. The number of ether oxygens (including phenoxy) is 2. The first-order valence-corrected chi connectivity index (χ1v) is 6.75. The van der Waals surface area contributed by atoms with Crippen LogP contribution in [0, 0.1) is 11.3 Å². The predicted octanol–water partition coefficient (Wildman–Crippen LogP) is 2.64. The summed E-state index contributed by atoms with van der Waals surface area (Å²) in [6.45, 7) is 2.78. The van der Waals surface area contributed by atoms with Gasteiger partial charge in [0.2, 0.25) is 0 Å². The van der Waals surface area contributed by atoms with Crippen molar-refractivity contribution in [2.45, 2.75) is 32.6 Å². The van der Waals surface area contributed by atoms with Crippen LogP contribution in [0.3, 0.4) is 0 Å². The number of rotatable bonds is 8. The first-order chi connectivity index (χ1) is 9.67. The normalized spacial score (nSPS) is 9.80. The standard InChI is InChI=1S/C15H20N2O3/c1-2-19-15(18)6-4-3-5-9-20-13-7-8-14(17)12(10-13)11-16/h7-8,10H,2-6,9,17H2,1H3. The van der Waals surface area contributed by atoms with Gasteiger partial charge in [0.1, 0.15) is 11.8 Å². The molecular formula is C15H20N2O3. The van der Waals surface area contributed by atoms with Crippen molar-refractivity contribution in [1.29, 1.82) is 5.26 Å². The lowest BCUT2D eigenvalue weighted by Gasteiger charge is -2.07. The number of nitriles is 1. The Morgan fingerprint density at radius 3 is 2.85 bits per heavy atom. The molecule has 1 aromatic rings. The molecule has 0 aliphatic heterocycles. The zero-order valence-corrected chi connectivity index (χ0v) is 11.7. The van der Waals surface area contributed by atoms with E-state index in [0.717, 1.165) is 19.3 Å². The van der Waals surface area contributed by atoms with E-state index >= 15 is 0 Å². The van der Waals surface area contributed by atoms with Gasteiger partial charge in [0, 0.05) is 12.1 Å². The fraction of sp³-hybridized carbons (Fsp3) is 0.467. The van der Waals surface area contributed by atoms with E-state index in [9.17, 15) is 4.79 Å². The number of nitrogens with zero attached hydrogens (tertiary/aromatic N) is 1. The molecule has 0 radical (unpaired) electrons. The van der Waals surface area contributed by atoms with Crippen LogP contribution in [0.25, 0.3) is 0 Å². The van der Waals surface area contributed by atoms with Crippen LogP contribution in [0.15, 0.2) is 18.2 Å². The second-order valence-corrected chi connectivity index (χ2v) is 4.33. The van der Waals surface area contributed by atoms with Crippen molar-refractivity contribution in [3.05, 3.63) is 23.8 Å². The lowest BCUT2D eigenvalue weighted by molar-refractivity contribution is -0.143. The highest BCUT2D eigenvalue weighted by molar-refractivity contribution is 5.69. The Kier molecular flexibility index (Phi) is 6.97. The van der Waals surface area contributed by atoms with Crippen LogP contribution in [0.4, 0.5) is 5.69 Å². The third-order valence-corrected chi connectivity index (χ3v) is 2.74. The lowest BCUT2D eigenvalue weighted by atomic mass is 10.2. The number of benzene rings is 1. The first kappa shape index (κ1) is 15.8. The Balaban J connectivity index is 2.19. The van der Waals surface area contributed by atoms with Crippen molar-refractivity contribution in [1.82, 2.24) is 0 Å². The summed E-state index contributed by atoms with van der Waals surface area (Å²) in [6.07, 6.45) is 3.01. The average molecular weight is 276 g/mol. The molecule has 0 bridgehead atoms. The molecular weight excluding hydrogens is 256 g/mol. The van der Waals surface area contributed by atoms with Crippen LogP contribution in [0.2, 0.25) is 0 Å². The smallest absolute Gasteiger partial charge is 0.305 e. The molecule has 0 fully saturated rings. The molecule has 5 heteroatoms. The number of hydrogen-bond donors (Lipinski definition) is 1. The zero-order valence-electron chi connectivity index (χ0n) is 11.7. The monoisotopic (exact) mass is 276 g/mol. The van der Waals surface area contributed by atoms with Gasteiger partial charge in [-0.2, -0.15) is 5.26 Å². The highest BCUT2D eigenvalue weighted by Gasteiger charge is 2.02. The Bertz CT molecular complexity index is 480. The molecule has 20 heavy (non-hydrogen) atoms. The molecule has 0 saturated carbocycles. The van der Waals surface area contributed by atoms with Gasteiger partial charge < -0.3 is 15.2 Å². The van der Waals surface area contributed by atoms with E-state index in [1.807, 2.05) is 6.07 Å². The van der Waals surface area contributed by atoms with E-state index in [1.54, 1.807) is 25.1 Å². The molecule has 0 aromatic heterocycles. The molecule has 2 N–H and O–H groups in total. The van der Waals surface area contributed by atoms with Crippen LogP contribution in [0.5, 0.6) is 5.75 Å². The second-order valence-electron chi connectivity index (χ2n) is 4.33. The minimum atomic E-state index is -0.148. The Hall–Kier alpha value is -2.22. The predicted molar refractivity (Wildman–Crippen MR) is 76.2 cm³/mol. The van der Waals surface area contributed by atoms with Gasteiger partial charge >= 0.3 is 5.97 Å². The molecule has 1 rings (SSSR count). The Morgan fingerprint density at radius 2 is 2.15 bits per heavy atom. The van der Waals surface area contributed by atoms with Crippen LogP contribution in [-0.4, -0.2) is 19.2 Å². The molecule has 0 spiro atoms. The molecule has 0 saturated heterocycles. The van der Waals surface area contributed by atoms with E-state index in [0.29, 0.717) is 36.6 Å². The Morgan fingerprint density at radius 1 is 1.35 bits per heavy atom. The van der Waals surface area contributed by atoms with E-state index < -0.39 is 0 Å². The van der Waals surface area contributed by atoms with Gasteiger partial charge in [-0.1, -0.05) is 0 Å². The van der Waals surface area contributed by atoms with E-state index in [1.165, 1.54) is 0 Å². The van der Waals surface area contributed by atoms with Crippen molar-refractivity contribution in [2.75, 3.05) is 18.9 Å². The summed E-state index contributed by atoms with van der Waals surface area (Å²) in [7, 11) is 0. The molecule has 0 unspecified atom stereocenters. The van der Waals surface area contributed by atoms with E-state index in [2.05, 4.69) is 0 Å². The van der Waals surface area contributed by atoms with Crippen molar-refractivity contribution in [3.63, 3.8) is 0 Å². The number of anilines is 1. The third-order valence-electron chi connectivity index (χ3n) is 2.74. The van der Waals surface area contributed by atoms with Gasteiger partial charge in [-0.3, -0.25) is 4.79 Å². The molecule has 1 aromatic carbocycles. The second kappa shape index (κ2) is 8.81. The van der Waals surface area contributed by atoms with Crippen LogP contribution in [0.1, 0.15) is 38.2 Å². The maximum atomic E-state index is 11.1. The summed E-state index contributed by atoms with van der Waals surface area (Å²) in [5.41, 5.74) is 6.50. The minimum absolute atomic E-state index is 0.148. The SMILES string of the molecule is CCOC(=O)CCCCCOc1ccc(N)c(C#N)c1. The molecule has 108 valence electrons. The van der Waals surface area contributed by atoms with Crippen molar-refractivity contribution >= 4 is 11.7 Å². The van der Waals surface area contributed by atoms with Crippen LogP contribution in [-0.2, 0) is 9.53 Å². The fourth-order valence-corrected chi connectivity index (χ4v) is 1.69. The summed E-state index contributed by atoms with van der Waals surface area (Å²) < 4.78 is 10.4. The molecule has 5 nitrogen and oxygen atoms in total. The lowest BCUT2D eigenvalue weighted by Crippen LogP contribution is -2.04. The maximum Gasteiger partial charge on any atom is 0.305 e. The molecule has 0 heterocycles. The van der Waals surface area contributed by atoms with Crippen molar-refractivity contribution in [3.8, 4) is 11.8 Å². The molecule has 0 aliphatic rings. The minimum Gasteiger partial charge on any atom is -0.494 e. The van der Waals surface area contributed by atoms with E-state index in [-0.39, 0.29) is 5.97 Å². The number of unbranched alkanes of at least 4 members (excludes halogenated alkanes) is 2. The largest absolute Gasteiger partial charge is 0.494 e. The summed E-state index contributed by atoms with van der Waals surface area (Å²) in [4.78, 5) is 11.1. The number of esters is 1. The van der Waals surface area contributed by atoms with Crippen molar-refractivity contribution in [2.24, 2.45) is 0 Å². The number of carbonyl (C=O) groups is 1. The highest BCUT2D eigenvalue weighted by Crippen LogP contribution is 2.19.